The molecule has 0 saturated carbocycles. The number of hydrogen-bond donors (Lipinski definition) is 4. The molecule has 0 spiro atoms. The summed E-state index contributed by atoms with van der Waals surface area (Å²) in [5.74, 6) is -0.945. The van der Waals surface area contributed by atoms with Gasteiger partial charge in [0.05, 0.1) is 13.2 Å². The second-order valence-electron chi connectivity index (χ2n) is 7.50. The average molecular weight is 438 g/mol. The first-order valence-electron chi connectivity index (χ1n) is 9.97. The number of aliphatic hydroxyl groups excluding tert-OH is 1. The van der Waals surface area contributed by atoms with E-state index in [1.54, 1.807) is 25.1 Å². The van der Waals surface area contributed by atoms with Crippen LogP contribution in [0, 0.1) is 6.92 Å². The lowest BCUT2D eigenvalue weighted by atomic mass is 9.80. The van der Waals surface area contributed by atoms with Gasteiger partial charge in [-0.1, -0.05) is 42.0 Å². The van der Waals surface area contributed by atoms with Gasteiger partial charge in [-0.15, -0.1) is 9.24 Å². The van der Waals surface area contributed by atoms with Crippen LogP contribution in [0.1, 0.15) is 34.3 Å². The maximum atomic E-state index is 13.1. The Morgan fingerprint density at radius 3 is 2.58 bits per heavy atom. The molecule has 1 saturated heterocycles. The standard InChI is InChI=1S/C23H27N4O3P/c1-13-4-3-5-16(12-13)22(29)26-20-19(15-6-8-17(31)9-7-15)18(14(2)24)21(25-10-11-28)27-23(20)30/h3-9,12,19-20,28H,10-11,24,31H2,1-2H3,(H,26,29)(H,25,27,30). The molecule has 0 aliphatic carbocycles. The second-order valence-corrected chi connectivity index (χ2v) is 8.17. The number of amides is 2. The number of allylic oxidation sites excluding steroid dienone is 1. The van der Waals surface area contributed by atoms with Crippen LogP contribution in [0.4, 0.5) is 0 Å². The van der Waals surface area contributed by atoms with Crippen LogP contribution >= 0.6 is 9.24 Å². The fourth-order valence-corrected chi connectivity index (χ4v) is 3.86. The number of piperidine rings is 1. The number of nitrogens with zero attached hydrogens (tertiary/aromatic N) is 1. The van der Waals surface area contributed by atoms with E-state index in [0.717, 1.165) is 16.4 Å². The van der Waals surface area contributed by atoms with Gasteiger partial charge in [0.1, 0.15) is 11.9 Å². The molecule has 162 valence electrons. The average Bonchev–Trinajstić information content (AvgIpc) is 2.73. The van der Waals surface area contributed by atoms with Crippen molar-refractivity contribution in [3.8, 4) is 0 Å². The topological polar surface area (TPSA) is 117 Å². The summed E-state index contributed by atoms with van der Waals surface area (Å²) in [5, 5.41) is 15.8. The maximum absolute atomic E-state index is 13.1. The van der Waals surface area contributed by atoms with Crippen LogP contribution in [-0.2, 0) is 4.79 Å². The Morgan fingerprint density at radius 2 is 1.97 bits per heavy atom. The molecule has 5 N–H and O–H groups in total. The molecule has 7 nitrogen and oxygen atoms in total. The van der Waals surface area contributed by atoms with Crippen molar-refractivity contribution < 1.29 is 14.7 Å². The highest BCUT2D eigenvalue weighted by molar-refractivity contribution is 7.27. The number of aryl methyl sites for hydroxylation is 1. The van der Waals surface area contributed by atoms with E-state index in [2.05, 4.69) is 24.9 Å². The van der Waals surface area contributed by atoms with Gasteiger partial charge in [-0.05, 0) is 36.8 Å². The number of hydrogen-bond acceptors (Lipinski definition) is 5. The first kappa shape index (κ1) is 22.7. The van der Waals surface area contributed by atoms with Gasteiger partial charge in [0, 0.05) is 22.8 Å². The molecule has 1 heterocycles. The highest BCUT2D eigenvalue weighted by Gasteiger charge is 2.41. The predicted octanol–water partition coefficient (Wildman–Crippen LogP) is 1.13. The van der Waals surface area contributed by atoms with Crippen LogP contribution in [0.3, 0.4) is 0 Å². The van der Waals surface area contributed by atoms with E-state index in [9.17, 15) is 14.7 Å². The minimum absolute atomic E-state index is 0.129. The molecule has 1 aliphatic heterocycles. The third-order valence-electron chi connectivity index (χ3n) is 5.08. The second kappa shape index (κ2) is 9.86. The fourth-order valence-electron chi connectivity index (χ4n) is 3.67. The molecule has 8 heteroatoms. The van der Waals surface area contributed by atoms with Crippen molar-refractivity contribution in [1.82, 2.24) is 10.6 Å². The van der Waals surface area contributed by atoms with Crippen LogP contribution < -0.4 is 21.7 Å². The summed E-state index contributed by atoms with van der Waals surface area (Å²) in [6.07, 6.45) is 0. The van der Waals surface area contributed by atoms with E-state index in [4.69, 9.17) is 5.73 Å². The highest BCUT2D eigenvalue weighted by Crippen LogP contribution is 2.33. The Labute approximate surface area is 184 Å². The maximum Gasteiger partial charge on any atom is 0.251 e. The van der Waals surface area contributed by atoms with Crippen LogP contribution in [0.2, 0.25) is 0 Å². The third kappa shape index (κ3) is 5.19. The van der Waals surface area contributed by atoms with Crippen molar-refractivity contribution in [1.29, 1.82) is 0 Å². The van der Waals surface area contributed by atoms with Crippen LogP contribution in [-0.4, -0.2) is 41.9 Å². The summed E-state index contributed by atoms with van der Waals surface area (Å²) in [6.45, 7) is 3.61. The van der Waals surface area contributed by atoms with Crippen LogP contribution in [0.5, 0.6) is 0 Å². The lowest BCUT2D eigenvalue weighted by Gasteiger charge is -2.35. The van der Waals surface area contributed by atoms with Gasteiger partial charge in [-0.25, -0.2) is 0 Å². The van der Waals surface area contributed by atoms with Crippen molar-refractivity contribution in [2.45, 2.75) is 25.8 Å². The smallest absolute Gasteiger partial charge is 0.251 e. The van der Waals surface area contributed by atoms with Crippen molar-refractivity contribution in [3.63, 3.8) is 0 Å². The Kier molecular flexibility index (Phi) is 7.21. The van der Waals surface area contributed by atoms with Gasteiger partial charge in [0.25, 0.3) is 5.91 Å². The Balaban J connectivity index is 2.07. The highest BCUT2D eigenvalue weighted by atomic mass is 31.0. The number of carbonyl (C=O) groups is 2. The number of carbonyl (C=O) groups excluding carboxylic acids is 2. The number of amidine groups is 1. The summed E-state index contributed by atoms with van der Waals surface area (Å²) in [6, 6.07) is 13.9. The summed E-state index contributed by atoms with van der Waals surface area (Å²) >= 11 is 0. The number of aliphatic hydroxyl groups is 1. The van der Waals surface area contributed by atoms with E-state index in [1.165, 1.54) is 0 Å². The van der Waals surface area contributed by atoms with Gasteiger partial charge in [-0.3, -0.25) is 14.6 Å². The molecule has 1 fully saturated rings. The summed E-state index contributed by atoms with van der Waals surface area (Å²) in [5.41, 5.74) is 9.58. The zero-order valence-electron chi connectivity index (χ0n) is 17.6. The largest absolute Gasteiger partial charge is 0.402 e. The van der Waals surface area contributed by atoms with Crippen molar-refractivity contribution >= 4 is 32.2 Å². The summed E-state index contributed by atoms with van der Waals surface area (Å²) in [7, 11) is 2.62. The number of benzene rings is 2. The molecule has 3 rings (SSSR count). The van der Waals surface area contributed by atoms with Crippen molar-refractivity contribution in [2.75, 3.05) is 13.2 Å². The predicted molar refractivity (Wildman–Crippen MR) is 125 cm³/mol. The molecule has 0 aromatic heterocycles. The van der Waals surface area contributed by atoms with E-state index in [0.29, 0.717) is 22.7 Å². The molecule has 2 aromatic rings. The van der Waals surface area contributed by atoms with Gasteiger partial charge < -0.3 is 21.5 Å². The molecule has 2 aromatic carbocycles. The van der Waals surface area contributed by atoms with Gasteiger partial charge in [0.15, 0.2) is 0 Å². The summed E-state index contributed by atoms with van der Waals surface area (Å²) in [4.78, 5) is 30.4. The molecule has 2 amide bonds. The van der Waals surface area contributed by atoms with E-state index in [1.807, 2.05) is 37.3 Å². The third-order valence-corrected chi connectivity index (χ3v) is 5.47. The van der Waals surface area contributed by atoms with Crippen molar-refractivity contribution in [3.05, 3.63) is 76.5 Å². The van der Waals surface area contributed by atoms with E-state index in [-0.39, 0.29) is 25.0 Å². The number of nitrogens with one attached hydrogen (secondary N) is 2. The first-order chi connectivity index (χ1) is 14.8. The molecule has 3 unspecified atom stereocenters. The molecular weight excluding hydrogens is 411 g/mol. The quantitative estimate of drug-likeness (QED) is 0.524. The van der Waals surface area contributed by atoms with Crippen LogP contribution in [0.25, 0.3) is 0 Å². The van der Waals surface area contributed by atoms with E-state index >= 15 is 0 Å². The van der Waals surface area contributed by atoms with Gasteiger partial charge in [0.2, 0.25) is 5.91 Å². The minimum atomic E-state index is -0.884. The number of nitrogens with two attached hydrogens (primary N) is 1. The number of rotatable bonds is 5. The molecule has 1 aliphatic rings. The monoisotopic (exact) mass is 438 g/mol. The van der Waals surface area contributed by atoms with Gasteiger partial charge >= 0.3 is 0 Å². The lowest BCUT2D eigenvalue weighted by molar-refractivity contribution is -0.122. The Bertz CT molecular complexity index is 1040. The molecule has 0 bridgehead atoms. The normalized spacial score (nSPS) is 21.5. The Morgan fingerprint density at radius 1 is 1.26 bits per heavy atom. The fraction of sp³-hybridized carbons (Fsp3) is 0.261. The summed E-state index contributed by atoms with van der Waals surface area (Å²) < 4.78 is 0. The first-order valence-corrected chi connectivity index (χ1v) is 10.5. The SMILES string of the molecule is CC(N)=C1C(=NCCO)NC(=O)C(NC(=O)c2cccc(C)c2)C1c1ccc(P)cc1. The van der Waals surface area contributed by atoms with Crippen molar-refractivity contribution in [2.24, 2.45) is 10.7 Å². The molecular formula is C23H27N4O3P. The zero-order valence-corrected chi connectivity index (χ0v) is 18.7. The zero-order chi connectivity index (χ0) is 22.5. The molecule has 0 radical (unpaired) electrons. The Hall–Kier alpha value is -3.02. The minimum Gasteiger partial charge on any atom is -0.402 e. The number of aliphatic imine (C=N–C) groups is 1. The lowest BCUT2D eigenvalue weighted by Crippen LogP contribution is -2.57. The molecule has 31 heavy (non-hydrogen) atoms. The van der Waals surface area contributed by atoms with Gasteiger partial charge in [-0.2, -0.15) is 0 Å². The molecule has 3 atom stereocenters. The van der Waals surface area contributed by atoms with Crippen LogP contribution in [0.15, 0.2) is 64.8 Å². The van der Waals surface area contributed by atoms with E-state index < -0.39 is 12.0 Å².